The van der Waals surface area contributed by atoms with Gasteiger partial charge in [-0.1, -0.05) is 12.1 Å². The molecule has 0 aliphatic heterocycles. The third kappa shape index (κ3) is 2.65. The number of benzene rings is 1. The number of carbonyl (C=O) groups is 1. The van der Waals surface area contributed by atoms with Crippen LogP contribution in [-0.4, -0.2) is 16.1 Å². The van der Waals surface area contributed by atoms with Crippen LogP contribution in [0.3, 0.4) is 0 Å². The lowest BCUT2D eigenvalue weighted by molar-refractivity contribution is 0.0698. The zero-order valence-corrected chi connectivity index (χ0v) is 10.8. The molecule has 0 saturated carbocycles. The standard InChI is InChI=1S/C14H15N3O2/c1-8-4-3-5-11(9(8)2)17-12-7-16-13(15)6-10(12)14(18)19/h3-7,17H,1-2H3,(H2,15,16)(H,18,19). The first-order chi connectivity index (χ1) is 8.99. The molecular formula is C14H15N3O2. The van der Waals surface area contributed by atoms with Gasteiger partial charge in [0, 0.05) is 5.69 Å². The number of carboxylic acid groups (broad SMARTS) is 1. The van der Waals surface area contributed by atoms with E-state index in [4.69, 9.17) is 10.8 Å². The summed E-state index contributed by atoms with van der Waals surface area (Å²) in [6.07, 6.45) is 1.43. The smallest absolute Gasteiger partial charge is 0.338 e. The minimum atomic E-state index is -1.04. The second kappa shape index (κ2) is 4.97. The Morgan fingerprint density at radius 1 is 1.32 bits per heavy atom. The number of nitrogens with zero attached hydrogens (tertiary/aromatic N) is 1. The zero-order chi connectivity index (χ0) is 14.0. The van der Waals surface area contributed by atoms with Gasteiger partial charge in [-0.15, -0.1) is 0 Å². The lowest BCUT2D eigenvalue weighted by Gasteiger charge is -2.13. The molecule has 5 nitrogen and oxygen atoms in total. The van der Waals surface area contributed by atoms with E-state index in [2.05, 4.69) is 10.3 Å². The monoisotopic (exact) mass is 257 g/mol. The Hall–Kier alpha value is -2.56. The van der Waals surface area contributed by atoms with Crippen molar-refractivity contribution in [3.8, 4) is 0 Å². The first-order valence-corrected chi connectivity index (χ1v) is 5.81. The molecule has 0 aliphatic carbocycles. The first kappa shape index (κ1) is 12.9. The van der Waals surface area contributed by atoms with Crippen LogP contribution in [0.4, 0.5) is 17.2 Å². The van der Waals surface area contributed by atoms with E-state index in [1.54, 1.807) is 0 Å². The lowest BCUT2D eigenvalue weighted by Crippen LogP contribution is -2.06. The van der Waals surface area contributed by atoms with Crippen molar-refractivity contribution in [2.24, 2.45) is 0 Å². The van der Waals surface area contributed by atoms with Gasteiger partial charge in [-0.2, -0.15) is 0 Å². The predicted octanol–water partition coefficient (Wildman–Crippen LogP) is 2.72. The molecule has 0 bridgehead atoms. The Labute approximate surface area is 111 Å². The number of rotatable bonds is 3. The minimum Gasteiger partial charge on any atom is -0.478 e. The summed E-state index contributed by atoms with van der Waals surface area (Å²) in [5.74, 6) is -0.856. The molecule has 19 heavy (non-hydrogen) atoms. The van der Waals surface area contributed by atoms with Gasteiger partial charge in [0.25, 0.3) is 0 Å². The molecule has 1 heterocycles. The van der Waals surface area contributed by atoms with Crippen molar-refractivity contribution >= 4 is 23.2 Å². The Balaban J connectivity index is 2.44. The number of anilines is 3. The summed E-state index contributed by atoms with van der Waals surface area (Å²) in [7, 11) is 0. The van der Waals surface area contributed by atoms with Crippen LogP contribution < -0.4 is 11.1 Å². The molecule has 98 valence electrons. The zero-order valence-electron chi connectivity index (χ0n) is 10.8. The van der Waals surface area contributed by atoms with Crippen LogP contribution in [0, 0.1) is 13.8 Å². The number of hydrogen-bond donors (Lipinski definition) is 3. The van der Waals surface area contributed by atoms with Crippen LogP contribution >= 0.6 is 0 Å². The molecule has 0 fully saturated rings. The summed E-state index contributed by atoms with van der Waals surface area (Å²) in [4.78, 5) is 15.1. The van der Waals surface area contributed by atoms with Crippen molar-refractivity contribution in [2.45, 2.75) is 13.8 Å². The maximum atomic E-state index is 11.2. The molecule has 5 heteroatoms. The summed E-state index contributed by atoms with van der Waals surface area (Å²) < 4.78 is 0. The molecule has 1 aromatic heterocycles. The van der Waals surface area contributed by atoms with Gasteiger partial charge < -0.3 is 16.2 Å². The fraction of sp³-hybridized carbons (Fsp3) is 0.143. The lowest BCUT2D eigenvalue weighted by atomic mass is 10.1. The molecule has 0 saturated heterocycles. The highest BCUT2D eigenvalue weighted by Gasteiger charge is 2.12. The molecule has 0 atom stereocenters. The summed E-state index contributed by atoms with van der Waals surface area (Å²) in [6.45, 7) is 3.97. The van der Waals surface area contributed by atoms with Crippen molar-refractivity contribution < 1.29 is 9.90 Å². The van der Waals surface area contributed by atoms with Gasteiger partial charge >= 0.3 is 5.97 Å². The number of aromatic carboxylic acids is 1. The maximum Gasteiger partial charge on any atom is 0.338 e. The van der Waals surface area contributed by atoms with Crippen LogP contribution in [0.5, 0.6) is 0 Å². The molecule has 0 amide bonds. The third-order valence-corrected chi connectivity index (χ3v) is 3.03. The second-order valence-electron chi connectivity index (χ2n) is 4.33. The number of pyridine rings is 1. The SMILES string of the molecule is Cc1cccc(Nc2cnc(N)cc2C(=O)O)c1C. The third-order valence-electron chi connectivity index (χ3n) is 3.03. The van der Waals surface area contributed by atoms with Gasteiger partial charge in [0.1, 0.15) is 5.82 Å². The van der Waals surface area contributed by atoms with Crippen LogP contribution in [0.15, 0.2) is 30.5 Å². The molecule has 0 radical (unpaired) electrons. The van der Waals surface area contributed by atoms with Crippen LogP contribution in [0.2, 0.25) is 0 Å². The van der Waals surface area contributed by atoms with Crippen LogP contribution in [-0.2, 0) is 0 Å². The van der Waals surface area contributed by atoms with E-state index < -0.39 is 5.97 Å². The van der Waals surface area contributed by atoms with E-state index in [0.717, 1.165) is 16.8 Å². The minimum absolute atomic E-state index is 0.105. The molecule has 2 aromatic rings. The van der Waals surface area contributed by atoms with Gasteiger partial charge in [0.15, 0.2) is 0 Å². The normalized spacial score (nSPS) is 10.2. The quantitative estimate of drug-likeness (QED) is 0.786. The largest absolute Gasteiger partial charge is 0.478 e. The Kier molecular flexibility index (Phi) is 3.37. The van der Waals surface area contributed by atoms with Crippen molar-refractivity contribution in [1.82, 2.24) is 4.98 Å². The van der Waals surface area contributed by atoms with Crippen molar-refractivity contribution in [1.29, 1.82) is 0 Å². The van der Waals surface area contributed by atoms with Gasteiger partial charge in [-0.25, -0.2) is 9.78 Å². The van der Waals surface area contributed by atoms with Crippen molar-refractivity contribution in [2.75, 3.05) is 11.1 Å². The van der Waals surface area contributed by atoms with E-state index in [0.29, 0.717) is 5.69 Å². The highest BCUT2D eigenvalue weighted by Crippen LogP contribution is 2.25. The fourth-order valence-corrected chi connectivity index (χ4v) is 1.78. The Bertz CT molecular complexity index is 639. The number of aryl methyl sites for hydroxylation is 1. The average molecular weight is 257 g/mol. The van der Waals surface area contributed by atoms with E-state index in [-0.39, 0.29) is 11.4 Å². The van der Waals surface area contributed by atoms with E-state index >= 15 is 0 Å². The molecular weight excluding hydrogens is 242 g/mol. The van der Waals surface area contributed by atoms with E-state index in [9.17, 15) is 4.79 Å². The van der Waals surface area contributed by atoms with Crippen molar-refractivity contribution in [3.63, 3.8) is 0 Å². The number of nitrogen functional groups attached to an aromatic ring is 1. The predicted molar refractivity (Wildman–Crippen MR) is 74.8 cm³/mol. The van der Waals surface area contributed by atoms with Gasteiger partial charge in [0.05, 0.1) is 17.4 Å². The number of nitrogens with one attached hydrogen (secondary N) is 1. The Morgan fingerprint density at radius 3 is 2.74 bits per heavy atom. The summed E-state index contributed by atoms with van der Waals surface area (Å²) in [5, 5.41) is 12.3. The second-order valence-corrected chi connectivity index (χ2v) is 4.33. The highest BCUT2D eigenvalue weighted by molar-refractivity contribution is 5.95. The molecule has 0 unspecified atom stereocenters. The highest BCUT2D eigenvalue weighted by atomic mass is 16.4. The summed E-state index contributed by atoms with van der Waals surface area (Å²) in [5.41, 5.74) is 9.09. The molecule has 4 N–H and O–H groups in total. The van der Waals surface area contributed by atoms with Gasteiger partial charge in [-0.05, 0) is 37.1 Å². The van der Waals surface area contributed by atoms with E-state index in [1.807, 2.05) is 32.0 Å². The molecule has 0 aliphatic rings. The first-order valence-electron chi connectivity index (χ1n) is 5.81. The number of nitrogens with two attached hydrogens (primary N) is 1. The summed E-state index contributed by atoms with van der Waals surface area (Å²) >= 11 is 0. The average Bonchev–Trinajstić information content (AvgIpc) is 2.36. The molecule has 2 rings (SSSR count). The number of hydrogen-bond acceptors (Lipinski definition) is 4. The van der Waals surface area contributed by atoms with Gasteiger partial charge in [0.2, 0.25) is 0 Å². The van der Waals surface area contributed by atoms with Crippen molar-refractivity contribution in [3.05, 3.63) is 47.2 Å². The number of aromatic nitrogens is 1. The summed E-state index contributed by atoms with van der Waals surface area (Å²) in [6, 6.07) is 7.15. The van der Waals surface area contributed by atoms with Crippen LogP contribution in [0.25, 0.3) is 0 Å². The Morgan fingerprint density at radius 2 is 2.05 bits per heavy atom. The maximum absolute atomic E-state index is 11.2. The molecule has 1 aromatic carbocycles. The number of carboxylic acids is 1. The van der Waals surface area contributed by atoms with Crippen LogP contribution in [0.1, 0.15) is 21.5 Å². The fourth-order valence-electron chi connectivity index (χ4n) is 1.78. The topological polar surface area (TPSA) is 88.2 Å². The molecule has 0 spiro atoms. The van der Waals surface area contributed by atoms with Gasteiger partial charge in [-0.3, -0.25) is 0 Å². The van der Waals surface area contributed by atoms with E-state index in [1.165, 1.54) is 12.3 Å².